The topological polar surface area (TPSA) is 0 Å². The summed E-state index contributed by atoms with van der Waals surface area (Å²) in [6, 6.07) is 0. The van der Waals surface area contributed by atoms with Crippen LogP contribution in [0.25, 0.3) is 0 Å². The Kier molecular flexibility index (Phi) is 5.41. The van der Waals surface area contributed by atoms with Crippen LogP contribution in [-0.2, 0) is 0 Å². The summed E-state index contributed by atoms with van der Waals surface area (Å²) in [4.78, 5) is 0.871. The first-order valence-corrected chi connectivity index (χ1v) is 5.78. The summed E-state index contributed by atoms with van der Waals surface area (Å²) in [5.74, 6) is 0. The molecule has 0 radical (unpaired) electrons. The summed E-state index contributed by atoms with van der Waals surface area (Å²) in [6.45, 7) is -0.667. The lowest BCUT2D eigenvalue weighted by molar-refractivity contribution is 4.53. The summed E-state index contributed by atoms with van der Waals surface area (Å²) < 4.78 is 0. The average molecular weight is 241 g/mol. The van der Waals surface area contributed by atoms with Crippen LogP contribution in [0.4, 0.5) is 0 Å². The second-order valence-electron chi connectivity index (χ2n) is 0.422. The fourth-order valence-corrected chi connectivity index (χ4v) is 0. The van der Waals surface area contributed by atoms with Crippen LogP contribution < -0.4 is 0 Å². The van der Waals surface area contributed by atoms with Crippen molar-refractivity contribution in [1.29, 1.82) is 0 Å². The number of hydrogen-bond acceptors (Lipinski definition) is 0. The minimum atomic E-state index is -0.667. The highest BCUT2D eigenvalue weighted by Gasteiger charge is 1.92. The lowest BCUT2D eigenvalue weighted by Gasteiger charge is -1.80. The Bertz CT molecular complexity index is 23.6. The van der Waals surface area contributed by atoms with Gasteiger partial charge in [-0.25, -0.2) is 0 Å². The zero-order valence-corrected chi connectivity index (χ0v) is 6.85. The molecule has 0 unspecified atom stereocenters. The van der Waals surface area contributed by atoms with Gasteiger partial charge in [-0.2, -0.15) is 0 Å². The van der Waals surface area contributed by atoms with Gasteiger partial charge in [-0.15, -0.1) is 22.4 Å². The van der Waals surface area contributed by atoms with E-state index in [2.05, 4.69) is 22.4 Å². The maximum Gasteiger partial charge on any atom is 0.266 e. The van der Waals surface area contributed by atoms with Crippen molar-refractivity contribution in [2.24, 2.45) is 0 Å². The maximum absolute atomic E-state index is 5.28. The molecule has 0 bridgehead atoms. The lowest BCUT2D eigenvalue weighted by atomic mass is 10.8. The van der Waals surface area contributed by atoms with Crippen LogP contribution in [0.5, 0.6) is 0 Å². The second-order valence-corrected chi connectivity index (χ2v) is 6.28. The van der Waals surface area contributed by atoms with Gasteiger partial charge in [0.25, 0.3) is 4.86 Å². The van der Waals surface area contributed by atoms with Crippen LogP contribution in [-0.4, -0.2) is 4.86 Å². The molecule has 0 rings (SSSR count). The first kappa shape index (κ1) is 6.80. The van der Waals surface area contributed by atoms with Crippen molar-refractivity contribution in [3.8, 4) is 0 Å². The zero-order valence-electron chi connectivity index (χ0n) is 2.29. The van der Waals surface area contributed by atoms with E-state index in [1.54, 1.807) is 0 Å². The van der Waals surface area contributed by atoms with Crippen LogP contribution >= 0.6 is 51.4 Å². The molecule has 0 nitrogen and oxygen atoms in total. The molecule has 0 fully saturated rings. The third-order valence-electron chi connectivity index (χ3n) is 0.0904. The van der Waals surface area contributed by atoms with Gasteiger partial charge in [0.05, 0.1) is 6.51 Å². The minimum absolute atomic E-state index is 0.667. The van der Waals surface area contributed by atoms with Gasteiger partial charge in [0, 0.05) is 0 Å². The molecule has 5 heteroatoms. The van der Waals surface area contributed by atoms with Gasteiger partial charge in [-0.1, -0.05) is 22.5 Å². The van der Waals surface area contributed by atoms with Crippen molar-refractivity contribution in [3.05, 3.63) is 0 Å². The van der Waals surface area contributed by atoms with E-state index in [0.717, 1.165) is 4.86 Å². The van der Waals surface area contributed by atoms with E-state index >= 15 is 0 Å². The van der Waals surface area contributed by atoms with Gasteiger partial charge in [0.2, 0.25) is 0 Å². The van der Waals surface area contributed by atoms with E-state index in [0.29, 0.717) is 0 Å². The molecule has 0 saturated carbocycles. The SMILES string of the molecule is ClP(Cl)BI. The Morgan fingerprint density at radius 3 is 1.80 bits per heavy atom. The molecule has 0 aromatic heterocycles. The normalized spacial score (nSPS) is 8.80. The highest BCUT2D eigenvalue weighted by atomic mass is 127. The largest absolute Gasteiger partial charge is 0.266 e. The Balaban J connectivity index is 2.54. The summed E-state index contributed by atoms with van der Waals surface area (Å²) in [6.07, 6.45) is 0. The van der Waals surface area contributed by atoms with Crippen LogP contribution in [0.2, 0.25) is 0 Å². The molecule has 5 heavy (non-hydrogen) atoms. The van der Waals surface area contributed by atoms with Crippen molar-refractivity contribution < 1.29 is 0 Å². The fraction of sp³-hybridized carbons (Fsp3) is 0. The van der Waals surface area contributed by atoms with Crippen LogP contribution in [0.1, 0.15) is 0 Å². The molecule has 0 aliphatic rings. The third kappa shape index (κ3) is 5.80. The van der Waals surface area contributed by atoms with Gasteiger partial charge in [0.15, 0.2) is 0 Å². The summed E-state index contributed by atoms with van der Waals surface area (Å²) >= 11 is 12.7. The summed E-state index contributed by atoms with van der Waals surface area (Å²) in [5.41, 5.74) is 0. The maximum atomic E-state index is 5.28. The van der Waals surface area contributed by atoms with Crippen LogP contribution in [0.15, 0.2) is 0 Å². The van der Waals surface area contributed by atoms with Crippen LogP contribution in [0, 0.1) is 0 Å². The van der Waals surface area contributed by atoms with Crippen molar-refractivity contribution in [2.75, 3.05) is 0 Å². The Labute approximate surface area is 56.0 Å². The van der Waals surface area contributed by atoms with Gasteiger partial charge < -0.3 is 0 Å². The van der Waals surface area contributed by atoms with Gasteiger partial charge in [-0.05, 0) is 0 Å². The first-order valence-electron chi connectivity index (χ1n) is 0.922. The first-order chi connectivity index (χ1) is 2.27. The van der Waals surface area contributed by atoms with Crippen molar-refractivity contribution in [1.82, 2.24) is 0 Å². The molecule has 0 heterocycles. The standard InChI is InChI=1S/BCl2HIP/c2-5(3)1-4/h1H. The smallest absolute Gasteiger partial charge is 0.145 e. The molecule has 0 atom stereocenters. The molecule has 0 aromatic rings. The quantitative estimate of drug-likeness (QED) is 0.375. The molecule has 0 aliphatic carbocycles. The fourth-order valence-electron chi connectivity index (χ4n) is 0. The average Bonchev–Trinajstić information content (AvgIpc) is 1.38. The van der Waals surface area contributed by atoms with E-state index in [1.807, 2.05) is 0 Å². The lowest BCUT2D eigenvalue weighted by Crippen LogP contribution is -1.49. The highest BCUT2D eigenvalue weighted by molar-refractivity contribution is 14.1. The Morgan fingerprint density at radius 2 is 1.80 bits per heavy atom. The van der Waals surface area contributed by atoms with E-state index in [1.165, 1.54) is 0 Å². The molecular formula is HBCl2IP. The highest BCUT2D eigenvalue weighted by Crippen LogP contribution is 2.45. The molecule has 0 aliphatic heterocycles. The summed E-state index contributed by atoms with van der Waals surface area (Å²) in [5, 5.41) is 0. The minimum Gasteiger partial charge on any atom is -0.145 e. The molecule has 0 amide bonds. The van der Waals surface area contributed by atoms with Crippen LogP contribution in [0.3, 0.4) is 0 Å². The van der Waals surface area contributed by atoms with Crippen molar-refractivity contribution in [2.45, 2.75) is 0 Å². The molecule has 0 saturated heterocycles. The van der Waals surface area contributed by atoms with E-state index in [-0.39, 0.29) is 0 Å². The molecule has 30 valence electrons. The van der Waals surface area contributed by atoms with E-state index in [4.69, 9.17) is 22.5 Å². The Hall–Kier alpha value is 1.80. The van der Waals surface area contributed by atoms with E-state index in [9.17, 15) is 0 Å². The second kappa shape index (κ2) is 3.98. The van der Waals surface area contributed by atoms with E-state index < -0.39 is 6.51 Å². The van der Waals surface area contributed by atoms with Gasteiger partial charge in [0.1, 0.15) is 0 Å². The van der Waals surface area contributed by atoms with Crippen molar-refractivity contribution >= 4 is 56.2 Å². The Morgan fingerprint density at radius 1 is 1.60 bits per heavy atom. The van der Waals surface area contributed by atoms with Gasteiger partial charge >= 0.3 is 0 Å². The molecule has 0 spiro atoms. The number of rotatable bonds is 1. The van der Waals surface area contributed by atoms with Gasteiger partial charge in [-0.3, -0.25) is 0 Å². The predicted octanol–water partition coefficient (Wildman–Crippen LogP) is 2.48. The number of hydrogen-bond donors (Lipinski definition) is 0. The molecule has 0 N–H and O–H groups in total. The monoisotopic (exact) mass is 240 g/mol. The van der Waals surface area contributed by atoms with Crippen molar-refractivity contribution in [3.63, 3.8) is 0 Å². The third-order valence-corrected chi connectivity index (χ3v) is 5.45. The molecule has 0 aromatic carbocycles. The zero-order chi connectivity index (χ0) is 4.28. The summed E-state index contributed by atoms with van der Waals surface area (Å²) in [7, 11) is 0. The number of halogens is 3. The molecular weight excluding hydrogens is 240 g/mol. The predicted molar refractivity (Wildman–Crippen MR) is 39.8 cm³/mol.